The fraction of sp³-hybridized carbons (Fsp3) is 0.500. The highest BCUT2D eigenvalue weighted by molar-refractivity contribution is 7.89. The Morgan fingerprint density at radius 2 is 2.05 bits per heavy atom. The van der Waals surface area contributed by atoms with Crippen LogP contribution in [-0.2, 0) is 14.8 Å². The molecule has 1 aromatic carbocycles. The Labute approximate surface area is 130 Å². The van der Waals surface area contributed by atoms with E-state index in [1.54, 1.807) is 6.92 Å². The van der Waals surface area contributed by atoms with E-state index >= 15 is 0 Å². The highest BCUT2D eigenvalue weighted by Gasteiger charge is 2.19. The molecule has 0 saturated heterocycles. The largest absolute Gasteiger partial charge is 0.462 e. The summed E-state index contributed by atoms with van der Waals surface area (Å²) in [7, 11) is -3.99. The highest BCUT2D eigenvalue weighted by Crippen LogP contribution is 2.26. The van der Waals surface area contributed by atoms with E-state index in [-0.39, 0.29) is 21.4 Å². The summed E-state index contributed by atoms with van der Waals surface area (Å²) in [5, 5.41) is 5.11. The molecule has 0 saturated carbocycles. The molecule has 0 heterocycles. The first-order chi connectivity index (χ1) is 9.66. The lowest BCUT2D eigenvalue weighted by Crippen LogP contribution is -2.16. The van der Waals surface area contributed by atoms with Crippen LogP contribution < -0.4 is 5.14 Å². The molecule has 0 aromatic heterocycles. The van der Waals surface area contributed by atoms with Crippen molar-refractivity contribution in [3.63, 3.8) is 0 Å². The third-order valence-corrected chi connectivity index (χ3v) is 4.59. The van der Waals surface area contributed by atoms with Crippen molar-refractivity contribution in [3.05, 3.63) is 28.3 Å². The lowest BCUT2D eigenvalue weighted by atomic mass is 10.1. The normalized spacial score (nSPS) is 13.0. The van der Waals surface area contributed by atoms with Crippen molar-refractivity contribution in [1.29, 1.82) is 0 Å². The molecule has 0 aliphatic heterocycles. The molecule has 1 atom stereocenters. The number of aryl methyl sites for hydroxylation is 1. The zero-order valence-electron chi connectivity index (χ0n) is 12.3. The fourth-order valence-electron chi connectivity index (χ4n) is 1.94. The van der Waals surface area contributed by atoms with Gasteiger partial charge in [0.2, 0.25) is 10.0 Å². The Kier molecular flexibility index (Phi) is 6.19. The van der Waals surface area contributed by atoms with Crippen LogP contribution in [-0.4, -0.2) is 21.0 Å². The molecular formula is C14H20ClNO4S. The van der Waals surface area contributed by atoms with Crippen LogP contribution in [0.1, 0.15) is 42.6 Å². The highest BCUT2D eigenvalue weighted by atomic mass is 35.5. The van der Waals surface area contributed by atoms with Crippen LogP contribution in [0.2, 0.25) is 5.02 Å². The quantitative estimate of drug-likeness (QED) is 0.811. The number of hydrogen-bond acceptors (Lipinski definition) is 4. The van der Waals surface area contributed by atoms with Crippen LogP contribution in [0.25, 0.3) is 0 Å². The second-order valence-electron chi connectivity index (χ2n) is 5.14. The van der Waals surface area contributed by atoms with Gasteiger partial charge in [0.1, 0.15) is 4.90 Å². The van der Waals surface area contributed by atoms with Crippen molar-refractivity contribution in [2.45, 2.75) is 38.5 Å². The number of rotatable bonds is 6. The SMILES string of the molecule is CCCC(C)COC(=O)c1cc(C)c(Cl)c(S(N)(=O)=O)c1. The Bertz CT molecular complexity index is 628. The topological polar surface area (TPSA) is 86.5 Å². The first-order valence-corrected chi connectivity index (χ1v) is 8.59. The predicted octanol–water partition coefficient (Wildman–Crippen LogP) is 2.89. The van der Waals surface area contributed by atoms with Gasteiger partial charge in [-0.3, -0.25) is 0 Å². The van der Waals surface area contributed by atoms with Gasteiger partial charge in [0, 0.05) is 0 Å². The number of nitrogens with two attached hydrogens (primary N) is 1. The lowest BCUT2D eigenvalue weighted by Gasteiger charge is -2.12. The standard InChI is InChI=1S/C14H20ClNO4S/c1-4-5-9(2)8-20-14(17)11-6-10(3)13(15)12(7-11)21(16,18)19/h6-7,9H,4-5,8H2,1-3H3,(H2,16,18,19). The summed E-state index contributed by atoms with van der Waals surface area (Å²) in [5.41, 5.74) is 0.585. The molecule has 1 rings (SSSR count). The van der Waals surface area contributed by atoms with E-state index in [4.69, 9.17) is 21.5 Å². The summed E-state index contributed by atoms with van der Waals surface area (Å²) < 4.78 is 28.1. The number of carbonyl (C=O) groups excluding carboxylic acids is 1. The first-order valence-electron chi connectivity index (χ1n) is 6.66. The molecule has 2 N–H and O–H groups in total. The number of ether oxygens (including phenoxy) is 1. The van der Waals surface area contributed by atoms with Gasteiger partial charge in [-0.2, -0.15) is 0 Å². The van der Waals surface area contributed by atoms with Crippen LogP contribution >= 0.6 is 11.6 Å². The Balaban J connectivity index is 2.99. The van der Waals surface area contributed by atoms with Crippen molar-refractivity contribution in [2.24, 2.45) is 11.1 Å². The summed E-state index contributed by atoms with van der Waals surface area (Å²) in [5.74, 6) is -0.326. The molecule has 0 spiro atoms. The summed E-state index contributed by atoms with van der Waals surface area (Å²) in [6, 6.07) is 2.64. The zero-order valence-corrected chi connectivity index (χ0v) is 13.9. The summed E-state index contributed by atoms with van der Waals surface area (Å²) in [6.07, 6.45) is 1.96. The number of benzene rings is 1. The molecule has 118 valence electrons. The van der Waals surface area contributed by atoms with Crippen LogP contribution in [0.15, 0.2) is 17.0 Å². The third kappa shape index (κ3) is 4.98. The minimum Gasteiger partial charge on any atom is -0.462 e. The summed E-state index contributed by atoms with van der Waals surface area (Å²) in [6.45, 7) is 5.94. The first kappa shape index (κ1) is 17.9. The average Bonchev–Trinajstić information content (AvgIpc) is 2.38. The van der Waals surface area contributed by atoms with E-state index in [2.05, 4.69) is 6.92 Å². The molecule has 0 radical (unpaired) electrons. The van der Waals surface area contributed by atoms with Crippen LogP contribution in [0.3, 0.4) is 0 Å². The molecule has 0 aliphatic rings. The number of halogens is 1. The van der Waals surface area contributed by atoms with Gasteiger partial charge in [0.25, 0.3) is 0 Å². The van der Waals surface area contributed by atoms with Crippen LogP contribution in [0.4, 0.5) is 0 Å². The molecule has 1 unspecified atom stereocenters. The van der Waals surface area contributed by atoms with E-state index in [1.807, 2.05) is 6.92 Å². The molecule has 21 heavy (non-hydrogen) atoms. The van der Waals surface area contributed by atoms with E-state index in [9.17, 15) is 13.2 Å². The van der Waals surface area contributed by atoms with Gasteiger partial charge in [-0.25, -0.2) is 18.4 Å². The van der Waals surface area contributed by atoms with Gasteiger partial charge in [-0.05, 0) is 37.0 Å². The van der Waals surface area contributed by atoms with E-state index < -0.39 is 16.0 Å². The zero-order chi connectivity index (χ0) is 16.2. The third-order valence-electron chi connectivity index (χ3n) is 3.04. The van der Waals surface area contributed by atoms with Crippen molar-refractivity contribution in [1.82, 2.24) is 0 Å². The fourth-order valence-corrected chi connectivity index (χ4v) is 3.07. The molecule has 0 amide bonds. The summed E-state index contributed by atoms with van der Waals surface area (Å²) >= 11 is 5.91. The van der Waals surface area contributed by atoms with Crippen molar-refractivity contribution in [2.75, 3.05) is 6.61 Å². The lowest BCUT2D eigenvalue weighted by molar-refractivity contribution is 0.0443. The van der Waals surface area contributed by atoms with E-state index in [1.165, 1.54) is 6.07 Å². The van der Waals surface area contributed by atoms with Gasteiger partial charge in [-0.15, -0.1) is 0 Å². The van der Waals surface area contributed by atoms with Crippen molar-refractivity contribution >= 4 is 27.6 Å². The number of esters is 1. The Morgan fingerprint density at radius 3 is 2.57 bits per heavy atom. The molecule has 0 aliphatic carbocycles. The van der Waals surface area contributed by atoms with Crippen molar-refractivity contribution in [3.8, 4) is 0 Å². The minimum atomic E-state index is -3.99. The second-order valence-corrected chi connectivity index (χ2v) is 7.05. The average molecular weight is 334 g/mol. The monoisotopic (exact) mass is 333 g/mol. The maximum Gasteiger partial charge on any atom is 0.338 e. The molecular weight excluding hydrogens is 314 g/mol. The molecule has 7 heteroatoms. The maximum atomic E-state index is 12.0. The van der Waals surface area contributed by atoms with Crippen LogP contribution in [0, 0.1) is 12.8 Å². The smallest absolute Gasteiger partial charge is 0.338 e. The maximum absolute atomic E-state index is 12.0. The van der Waals surface area contributed by atoms with Gasteiger partial charge in [0.05, 0.1) is 17.2 Å². The van der Waals surface area contributed by atoms with E-state index in [0.717, 1.165) is 18.9 Å². The van der Waals surface area contributed by atoms with Gasteiger partial charge in [-0.1, -0.05) is 31.9 Å². The second kappa shape index (κ2) is 7.24. The minimum absolute atomic E-state index is 0.0217. The van der Waals surface area contributed by atoms with Gasteiger partial charge < -0.3 is 4.74 Å². The van der Waals surface area contributed by atoms with E-state index in [0.29, 0.717) is 12.2 Å². The summed E-state index contributed by atoms with van der Waals surface area (Å²) in [4.78, 5) is 11.7. The number of primary sulfonamides is 1. The molecule has 5 nitrogen and oxygen atoms in total. The molecule has 0 fully saturated rings. The number of sulfonamides is 1. The number of carbonyl (C=O) groups is 1. The Hall–Kier alpha value is -1.11. The molecule has 1 aromatic rings. The van der Waals surface area contributed by atoms with Gasteiger partial charge >= 0.3 is 5.97 Å². The van der Waals surface area contributed by atoms with Crippen LogP contribution in [0.5, 0.6) is 0 Å². The molecule has 0 bridgehead atoms. The van der Waals surface area contributed by atoms with Gasteiger partial charge in [0.15, 0.2) is 0 Å². The predicted molar refractivity (Wildman–Crippen MR) is 81.9 cm³/mol. The Morgan fingerprint density at radius 1 is 1.43 bits per heavy atom. The van der Waals surface area contributed by atoms with Crippen molar-refractivity contribution < 1.29 is 17.9 Å². The number of hydrogen-bond donors (Lipinski definition) is 1.